The molecule has 1 aromatic rings. The standard InChI is InChI=1S/C16H23NO/c1-11(14-5-3-4-6-16(14)18-2)17-15-10-12-7-8-13(15)9-12/h3-6,11-13,15,17H,7-10H2,1-2H3. The molecule has 1 N–H and O–H groups in total. The van der Waals surface area contributed by atoms with Crippen LogP contribution in [0.15, 0.2) is 24.3 Å². The summed E-state index contributed by atoms with van der Waals surface area (Å²) in [5, 5.41) is 3.82. The van der Waals surface area contributed by atoms with Crippen molar-refractivity contribution in [2.45, 2.75) is 44.7 Å². The largest absolute Gasteiger partial charge is 0.496 e. The van der Waals surface area contributed by atoms with Crippen LogP contribution in [-0.2, 0) is 0 Å². The molecule has 2 aliphatic rings. The van der Waals surface area contributed by atoms with Crippen LogP contribution in [0.5, 0.6) is 5.75 Å². The topological polar surface area (TPSA) is 21.3 Å². The highest BCUT2D eigenvalue weighted by Gasteiger charge is 2.39. The first-order chi connectivity index (χ1) is 8.78. The van der Waals surface area contributed by atoms with Crippen LogP contribution < -0.4 is 10.1 Å². The van der Waals surface area contributed by atoms with E-state index in [9.17, 15) is 0 Å². The number of fused-ring (bicyclic) bond motifs is 2. The fourth-order valence-corrected chi connectivity index (χ4v) is 3.88. The number of para-hydroxylation sites is 1. The van der Waals surface area contributed by atoms with Gasteiger partial charge < -0.3 is 10.1 Å². The predicted molar refractivity (Wildman–Crippen MR) is 73.8 cm³/mol. The van der Waals surface area contributed by atoms with Gasteiger partial charge in [0, 0.05) is 17.6 Å². The Hall–Kier alpha value is -1.02. The summed E-state index contributed by atoms with van der Waals surface area (Å²) in [7, 11) is 1.75. The highest BCUT2D eigenvalue weighted by Crippen LogP contribution is 2.45. The zero-order valence-electron chi connectivity index (χ0n) is 11.4. The number of nitrogens with one attached hydrogen (secondary N) is 1. The second-order valence-corrected chi connectivity index (χ2v) is 5.91. The predicted octanol–water partition coefficient (Wildman–Crippen LogP) is 3.53. The van der Waals surface area contributed by atoms with Crippen molar-refractivity contribution in [3.05, 3.63) is 29.8 Å². The van der Waals surface area contributed by atoms with Gasteiger partial charge in [-0.05, 0) is 44.1 Å². The van der Waals surface area contributed by atoms with E-state index in [0.717, 1.165) is 23.6 Å². The second kappa shape index (κ2) is 4.93. The Morgan fingerprint density at radius 3 is 2.72 bits per heavy atom. The lowest BCUT2D eigenvalue weighted by molar-refractivity contribution is 0.321. The maximum absolute atomic E-state index is 5.45. The number of benzene rings is 1. The van der Waals surface area contributed by atoms with Crippen LogP contribution >= 0.6 is 0 Å². The van der Waals surface area contributed by atoms with Gasteiger partial charge in [0.15, 0.2) is 0 Å². The molecule has 1 aromatic carbocycles. The average molecular weight is 245 g/mol. The van der Waals surface area contributed by atoms with Crippen LogP contribution in [0, 0.1) is 11.8 Å². The minimum atomic E-state index is 0.380. The van der Waals surface area contributed by atoms with Gasteiger partial charge in [-0.3, -0.25) is 0 Å². The molecule has 2 heteroatoms. The Morgan fingerprint density at radius 1 is 1.22 bits per heavy atom. The molecule has 0 amide bonds. The molecule has 0 spiro atoms. The van der Waals surface area contributed by atoms with Gasteiger partial charge >= 0.3 is 0 Å². The monoisotopic (exact) mass is 245 g/mol. The molecule has 0 radical (unpaired) electrons. The van der Waals surface area contributed by atoms with E-state index in [1.807, 2.05) is 12.1 Å². The third-order valence-corrected chi connectivity index (χ3v) is 4.81. The van der Waals surface area contributed by atoms with Crippen LogP contribution in [0.3, 0.4) is 0 Å². The lowest BCUT2D eigenvalue weighted by atomic mass is 9.94. The summed E-state index contributed by atoms with van der Waals surface area (Å²) < 4.78 is 5.45. The van der Waals surface area contributed by atoms with Crippen molar-refractivity contribution in [3.8, 4) is 5.75 Å². The van der Waals surface area contributed by atoms with Crippen molar-refractivity contribution in [1.82, 2.24) is 5.32 Å². The number of hydrogen-bond acceptors (Lipinski definition) is 2. The van der Waals surface area contributed by atoms with E-state index in [-0.39, 0.29) is 0 Å². The summed E-state index contributed by atoms with van der Waals surface area (Å²) in [5.74, 6) is 2.92. The van der Waals surface area contributed by atoms with Crippen LogP contribution in [0.4, 0.5) is 0 Å². The van der Waals surface area contributed by atoms with E-state index in [4.69, 9.17) is 4.74 Å². The maximum atomic E-state index is 5.45. The lowest BCUT2D eigenvalue weighted by Crippen LogP contribution is -2.35. The molecule has 0 aliphatic heterocycles. The van der Waals surface area contributed by atoms with E-state index in [0.29, 0.717) is 6.04 Å². The van der Waals surface area contributed by atoms with Crippen LogP contribution in [0.2, 0.25) is 0 Å². The van der Waals surface area contributed by atoms with E-state index in [2.05, 4.69) is 24.4 Å². The third-order valence-electron chi connectivity index (χ3n) is 4.81. The molecule has 2 nitrogen and oxygen atoms in total. The Morgan fingerprint density at radius 2 is 2.06 bits per heavy atom. The number of rotatable bonds is 4. The molecule has 4 atom stereocenters. The van der Waals surface area contributed by atoms with Gasteiger partial charge in [-0.15, -0.1) is 0 Å². The Balaban J connectivity index is 1.69. The van der Waals surface area contributed by atoms with Gasteiger partial charge in [0.2, 0.25) is 0 Å². The molecular weight excluding hydrogens is 222 g/mol. The molecule has 0 heterocycles. The molecular formula is C16H23NO. The van der Waals surface area contributed by atoms with E-state index >= 15 is 0 Å². The molecule has 2 fully saturated rings. The Kier molecular flexibility index (Phi) is 3.29. The molecule has 98 valence electrons. The summed E-state index contributed by atoms with van der Waals surface area (Å²) >= 11 is 0. The number of methoxy groups -OCH3 is 1. The first-order valence-electron chi connectivity index (χ1n) is 7.17. The molecule has 2 saturated carbocycles. The van der Waals surface area contributed by atoms with Crippen molar-refractivity contribution < 1.29 is 4.74 Å². The Bertz CT molecular complexity index is 417. The molecule has 18 heavy (non-hydrogen) atoms. The van der Waals surface area contributed by atoms with Crippen molar-refractivity contribution in [2.75, 3.05) is 7.11 Å². The Labute approximate surface area is 110 Å². The number of ether oxygens (including phenoxy) is 1. The van der Waals surface area contributed by atoms with Gasteiger partial charge in [0.25, 0.3) is 0 Å². The summed E-state index contributed by atoms with van der Waals surface area (Å²) in [4.78, 5) is 0. The van der Waals surface area contributed by atoms with Crippen molar-refractivity contribution in [3.63, 3.8) is 0 Å². The summed E-state index contributed by atoms with van der Waals surface area (Å²) in [5.41, 5.74) is 1.28. The molecule has 2 bridgehead atoms. The van der Waals surface area contributed by atoms with Gasteiger partial charge in [-0.2, -0.15) is 0 Å². The average Bonchev–Trinajstić information content (AvgIpc) is 3.01. The summed E-state index contributed by atoms with van der Waals surface area (Å²) in [6, 6.07) is 9.45. The van der Waals surface area contributed by atoms with E-state index < -0.39 is 0 Å². The van der Waals surface area contributed by atoms with Crippen LogP contribution in [0.25, 0.3) is 0 Å². The normalized spacial score (nSPS) is 31.6. The molecule has 2 aliphatic carbocycles. The second-order valence-electron chi connectivity index (χ2n) is 5.91. The summed E-state index contributed by atoms with van der Waals surface area (Å²) in [6.07, 6.45) is 5.73. The highest BCUT2D eigenvalue weighted by atomic mass is 16.5. The molecule has 3 rings (SSSR count). The van der Waals surface area contributed by atoms with Gasteiger partial charge in [-0.1, -0.05) is 24.6 Å². The highest BCUT2D eigenvalue weighted by molar-refractivity contribution is 5.35. The lowest BCUT2D eigenvalue weighted by Gasteiger charge is -2.27. The van der Waals surface area contributed by atoms with Gasteiger partial charge in [-0.25, -0.2) is 0 Å². The molecule has 4 unspecified atom stereocenters. The van der Waals surface area contributed by atoms with Crippen molar-refractivity contribution in [1.29, 1.82) is 0 Å². The number of hydrogen-bond donors (Lipinski definition) is 1. The first-order valence-corrected chi connectivity index (χ1v) is 7.17. The quantitative estimate of drug-likeness (QED) is 0.876. The van der Waals surface area contributed by atoms with Crippen LogP contribution in [-0.4, -0.2) is 13.2 Å². The van der Waals surface area contributed by atoms with Crippen LogP contribution in [0.1, 0.15) is 44.2 Å². The molecule has 0 saturated heterocycles. The summed E-state index contributed by atoms with van der Waals surface area (Å²) in [6.45, 7) is 2.25. The fourth-order valence-electron chi connectivity index (χ4n) is 3.88. The fraction of sp³-hybridized carbons (Fsp3) is 0.625. The minimum Gasteiger partial charge on any atom is -0.496 e. The SMILES string of the molecule is COc1ccccc1C(C)NC1CC2CCC1C2. The van der Waals surface area contributed by atoms with Gasteiger partial charge in [0.05, 0.1) is 7.11 Å². The van der Waals surface area contributed by atoms with Crippen molar-refractivity contribution >= 4 is 0 Å². The van der Waals surface area contributed by atoms with E-state index in [1.54, 1.807) is 7.11 Å². The van der Waals surface area contributed by atoms with Gasteiger partial charge in [0.1, 0.15) is 5.75 Å². The maximum Gasteiger partial charge on any atom is 0.123 e. The zero-order valence-corrected chi connectivity index (χ0v) is 11.4. The minimum absolute atomic E-state index is 0.380. The zero-order chi connectivity index (χ0) is 12.5. The smallest absolute Gasteiger partial charge is 0.123 e. The molecule has 0 aromatic heterocycles. The van der Waals surface area contributed by atoms with E-state index in [1.165, 1.54) is 31.2 Å². The van der Waals surface area contributed by atoms with Crippen molar-refractivity contribution in [2.24, 2.45) is 11.8 Å². The third kappa shape index (κ3) is 2.14. The first kappa shape index (κ1) is 12.0.